The average Bonchev–Trinajstić information content (AvgIpc) is 2.47. The van der Waals surface area contributed by atoms with E-state index in [1.165, 1.54) is 24.2 Å². The molecule has 1 rings (SSSR count). The van der Waals surface area contributed by atoms with Crippen molar-refractivity contribution >= 4 is 21.6 Å². The van der Waals surface area contributed by atoms with Crippen LogP contribution < -0.4 is 10.6 Å². The highest BCUT2D eigenvalue weighted by Crippen LogP contribution is 2.23. The lowest BCUT2D eigenvalue weighted by Crippen LogP contribution is -2.30. The molecule has 1 aromatic rings. The van der Waals surface area contributed by atoms with Crippen LogP contribution in [0.15, 0.2) is 22.7 Å². The lowest BCUT2D eigenvalue weighted by molar-refractivity contribution is 0.301. The molecule has 0 radical (unpaired) electrons. The first-order valence-corrected chi connectivity index (χ1v) is 8.40. The fourth-order valence-electron chi connectivity index (χ4n) is 2.43. The summed E-state index contributed by atoms with van der Waals surface area (Å²) in [6.07, 6.45) is 1.19. The van der Waals surface area contributed by atoms with E-state index >= 15 is 0 Å². The van der Waals surface area contributed by atoms with Crippen LogP contribution in [0.4, 0.5) is 5.69 Å². The highest BCUT2D eigenvalue weighted by molar-refractivity contribution is 9.10. The smallest absolute Gasteiger partial charge is 0.0380 e. The van der Waals surface area contributed by atoms with Crippen molar-refractivity contribution in [2.75, 3.05) is 37.6 Å². The molecule has 0 bridgehead atoms. The second kappa shape index (κ2) is 9.37. The molecule has 0 heterocycles. The minimum Gasteiger partial charge on any atom is -0.372 e. The van der Waals surface area contributed by atoms with E-state index in [0.29, 0.717) is 6.54 Å². The maximum atomic E-state index is 5.76. The molecule has 0 aliphatic heterocycles. The first-order valence-electron chi connectivity index (χ1n) is 7.61. The van der Waals surface area contributed by atoms with Gasteiger partial charge in [0.2, 0.25) is 0 Å². The highest BCUT2D eigenvalue weighted by atomic mass is 79.9. The van der Waals surface area contributed by atoms with Crippen molar-refractivity contribution in [2.45, 2.75) is 33.7 Å². The molecule has 0 unspecified atom stereocenters. The molecule has 1 aromatic carbocycles. The minimum absolute atomic E-state index is 0.587. The van der Waals surface area contributed by atoms with Gasteiger partial charge in [0.1, 0.15) is 0 Å². The quantitative estimate of drug-likeness (QED) is 0.746. The van der Waals surface area contributed by atoms with Gasteiger partial charge in [-0.1, -0.05) is 29.8 Å². The van der Waals surface area contributed by atoms with Crippen molar-refractivity contribution in [1.82, 2.24) is 4.90 Å². The number of rotatable bonds is 9. The summed E-state index contributed by atoms with van der Waals surface area (Å²) in [6.45, 7) is 12.8. The van der Waals surface area contributed by atoms with Crippen LogP contribution in [0.5, 0.6) is 0 Å². The van der Waals surface area contributed by atoms with E-state index in [9.17, 15) is 0 Å². The van der Waals surface area contributed by atoms with Gasteiger partial charge in [0.25, 0.3) is 0 Å². The lowest BCUT2D eigenvalue weighted by Gasteiger charge is -2.26. The van der Waals surface area contributed by atoms with Crippen LogP contribution in [0.3, 0.4) is 0 Å². The zero-order valence-electron chi connectivity index (χ0n) is 13.0. The summed E-state index contributed by atoms with van der Waals surface area (Å²) in [6, 6.07) is 6.47. The minimum atomic E-state index is 0.587. The summed E-state index contributed by atoms with van der Waals surface area (Å²) < 4.78 is 1.11. The maximum absolute atomic E-state index is 5.76. The van der Waals surface area contributed by atoms with Gasteiger partial charge in [-0.3, -0.25) is 0 Å². The number of nitrogens with zero attached hydrogens (tertiary/aromatic N) is 2. The van der Waals surface area contributed by atoms with Gasteiger partial charge < -0.3 is 15.5 Å². The molecule has 0 fully saturated rings. The Hall–Kier alpha value is -0.580. The van der Waals surface area contributed by atoms with E-state index in [-0.39, 0.29) is 0 Å². The largest absolute Gasteiger partial charge is 0.372 e. The molecule has 0 aliphatic rings. The van der Waals surface area contributed by atoms with E-state index < -0.39 is 0 Å². The van der Waals surface area contributed by atoms with Gasteiger partial charge in [0, 0.05) is 29.8 Å². The Morgan fingerprint density at radius 1 is 1.00 bits per heavy atom. The van der Waals surface area contributed by atoms with Gasteiger partial charge >= 0.3 is 0 Å². The molecule has 0 saturated carbocycles. The Morgan fingerprint density at radius 2 is 1.70 bits per heavy atom. The zero-order chi connectivity index (χ0) is 15.0. The third-order valence-corrected chi connectivity index (χ3v) is 4.18. The molecule has 2 N–H and O–H groups in total. The number of halogens is 1. The summed E-state index contributed by atoms with van der Waals surface area (Å²) in [5, 5.41) is 0. The standard InChI is InChI=1S/C16H28BrN3/c1-4-19(5-2)8-7-9-20(6-3)16-11-14(13-18)10-15(17)12-16/h10-12H,4-9,13,18H2,1-3H3. The third-order valence-electron chi connectivity index (χ3n) is 3.72. The molecular formula is C16H28BrN3. The molecule has 0 atom stereocenters. The average molecular weight is 342 g/mol. The number of anilines is 1. The lowest BCUT2D eigenvalue weighted by atomic mass is 10.2. The summed E-state index contributed by atoms with van der Waals surface area (Å²) >= 11 is 3.57. The van der Waals surface area contributed by atoms with Gasteiger partial charge in [-0.25, -0.2) is 0 Å². The first kappa shape index (κ1) is 17.5. The molecule has 0 amide bonds. The molecule has 0 spiro atoms. The summed E-state index contributed by atoms with van der Waals surface area (Å²) in [4.78, 5) is 4.90. The van der Waals surface area contributed by atoms with E-state index in [1.54, 1.807) is 0 Å². The number of benzene rings is 1. The fourth-order valence-corrected chi connectivity index (χ4v) is 2.96. The third kappa shape index (κ3) is 5.43. The number of nitrogens with two attached hydrogens (primary N) is 1. The Labute approximate surface area is 132 Å². The normalized spacial score (nSPS) is 11.1. The van der Waals surface area contributed by atoms with Crippen LogP contribution >= 0.6 is 15.9 Å². The van der Waals surface area contributed by atoms with E-state index in [0.717, 1.165) is 30.7 Å². The van der Waals surface area contributed by atoms with E-state index in [2.05, 4.69) is 64.7 Å². The van der Waals surface area contributed by atoms with Crippen molar-refractivity contribution < 1.29 is 0 Å². The molecule has 3 nitrogen and oxygen atoms in total. The molecular weight excluding hydrogens is 314 g/mol. The van der Waals surface area contributed by atoms with Gasteiger partial charge in [0.05, 0.1) is 0 Å². The Bertz CT molecular complexity index is 391. The fraction of sp³-hybridized carbons (Fsp3) is 0.625. The molecule has 4 heteroatoms. The monoisotopic (exact) mass is 341 g/mol. The molecule has 20 heavy (non-hydrogen) atoms. The van der Waals surface area contributed by atoms with Crippen LogP contribution in [-0.4, -0.2) is 37.6 Å². The van der Waals surface area contributed by atoms with Crippen molar-refractivity contribution in [3.8, 4) is 0 Å². The molecule has 0 aromatic heterocycles. The zero-order valence-corrected chi connectivity index (χ0v) is 14.6. The van der Waals surface area contributed by atoms with Crippen LogP contribution in [0.25, 0.3) is 0 Å². The molecule has 0 aliphatic carbocycles. The second-order valence-electron chi connectivity index (χ2n) is 4.98. The Balaban J connectivity index is 2.64. The topological polar surface area (TPSA) is 32.5 Å². The van der Waals surface area contributed by atoms with Crippen LogP contribution in [0.1, 0.15) is 32.8 Å². The second-order valence-corrected chi connectivity index (χ2v) is 5.90. The predicted octanol–water partition coefficient (Wildman–Crippen LogP) is 3.47. The van der Waals surface area contributed by atoms with Crippen LogP contribution in [0.2, 0.25) is 0 Å². The van der Waals surface area contributed by atoms with Crippen LogP contribution in [0, 0.1) is 0 Å². The van der Waals surface area contributed by atoms with Crippen LogP contribution in [-0.2, 0) is 6.54 Å². The predicted molar refractivity (Wildman–Crippen MR) is 92.3 cm³/mol. The van der Waals surface area contributed by atoms with Gasteiger partial charge in [-0.15, -0.1) is 0 Å². The maximum Gasteiger partial charge on any atom is 0.0380 e. The number of hydrogen-bond donors (Lipinski definition) is 1. The van der Waals surface area contributed by atoms with Gasteiger partial charge in [0.15, 0.2) is 0 Å². The van der Waals surface area contributed by atoms with Crippen molar-refractivity contribution in [2.24, 2.45) is 5.73 Å². The SMILES string of the molecule is CCN(CC)CCCN(CC)c1cc(Br)cc(CN)c1. The summed E-state index contributed by atoms with van der Waals surface area (Å²) in [5.74, 6) is 0. The summed E-state index contributed by atoms with van der Waals surface area (Å²) in [5.41, 5.74) is 8.20. The Kier molecular flexibility index (Phi) is 8.19. The van der Waals surface area contributed by atoms with Crippen molar-refractivity contribution in [1.29, 1.82) is 0 Å². The molecule has 0 saturated heterocycles. The van der Waals surface area contributed by atoms with Crippen molar-refractivity contribution in [3.05, 3.63) is 28.2 Å². The number of hydrogen-bond acceptors (Lipinski definition) is 3. The first-order chi connectivity index (χ1) is 9.64. The van der Waals surface area contributed by atoms with E-state index in [4.69, 9.17) is 5.73 Å². The van der Waals surface area contributed by atoms with E-state index in [1.807, 2.05) is 0 Å². The summed E-state index contributed by atoms with van der Waals surface area (Å²) in [7, 11) is 0. The molecule has 114 valence electrons. The van der Waals surface area contributed by atoms with Gasteiger partial charge in [-0.05, 0) is 56.7 Å². The van der Waals surface area contributed by atoms with Crippen molar-refractivity contribution in [3.63, 3.8) is 0 Å². The Morgan fingerprint density at radius 3 is 2.25 bits per heavy atom. The highest BCUT2D eigenvalue weighted by Gasteiger charge is 2.07. The van der Waals surface area contributed by atoms with Gasteiger partial charge in [-0.2, -0.15) is 0 Å².